The highest BCUT2D eigenvalue weighted by Gasteiger charge is 2.16. The third-order valence-electron chi connectivity index (χ3n) is 4.64. The van der Waals surface area contributed by atoms with Crippen LogP contribution in [0.2, 0.25) is 0 Å². The van der Waals surface area contributed by atoms with E-state index in [0.717, 1.165) is 52.2 Å². The molecule has 138 valence electrons. The summed E-state index contributed by atoms with van der Waals surface area (Å²) in [4.78, 5) is 16.7. The van der Waals surface area contributed by atoms with Gasteiger partial charge in [0.15, 0.2) is 0 Å². The van der Waals surface area contributed by atoms with Gasteiger partial charge in [0.1, 0.15) is 0 Å². The lowest BCUT2D eigenvalue weighted by atomic mass is 10.1. The Kier molecular flexibility index (Phi) is 8.70. The quantitative estimate of drug-likeness (QED) is 0.749. The van der Waals surface area contributed by atoms with E-state index in [9.17, 15) is 4.79 Å². The van der Waals surface area contributed by atoms with Gasteiger partial charge < -0.3 is 10.2 Å². The maximum atomic E-state index is 11.9. The minimum absolute atomic E-state index is 0.189. The fourth-order valence-corrected chi connectivity index (χ4v) is 2.95. The van der Waals surface area contributed by atoms with E-state index < -0.39 is 0 Å². The van der Waals surface area contributed by atoms with Gasteiger partial charge in [-0.3, -0.25) is 9.69 Å². The molecule has 1 heterocycles. The average molecular weight is 344 g/mol. The number of amides is 1. The lowest BCUT2D eigenvalue weighted by molar-refractivity contribution is -0.121. The van der Waals surface area contributed by atoms with Crippen molar-refractivity contribution in [2.45, 2.75) is 26.7 Å². The lowest BCUT2D eigenvalue weighted by Crippen LogP contribution is -2.47. The third-order valence-corrected chi connectivity index (χ3v) is 4.64. The highest BCUT2D eigenvalue weighted by atomic mass is 16.1. The van der Waals surface area contributed by atoms with E-state index in [-0.39, 0.29) is 5.91 Å². The molecule has 0 bridgehead atoms. The van der Waals surface area contributed by atoms with Crippen LogP contribution in [0.3, 0.4) is 0 Å². The van der Waals surface area contributed by atoms with Crippen LogP contribution in [0.4, 0.5) is 0 Å². The van der Waals surface area contributed by atoms with Crippen LogP contribution in [-0.4, -0.2) is 61.5 Å². The molecular weight excluding hydrogens is 310 g/mol. The summed E-state index contributed by atoms with van der Waals surface area (Å²) in [6, 6.07) is 10.4. The van der Waals surface area contributed by atoms with E-state index in [2.05, 4.69) is 65.4 Å². The van der Waals surface area contributed by atoms with Gasteiger partial charge in [0.2, 0.25) is 5.91 Å². The molecule has 1 aromatic rings. The Hall–Kier alpha value is -1.65. The molecule has 1 N–H and O–H groups in total. The number of carbonyl (C=O) groups is 1. The Labute approximate surface area is 152 Å². The highest BCUT2D eigenvalue weighted by Crippen LogP contribution is 2.05. The topological polar surface area (TPSA) is 35.6 Å². The highest BCUT2D eigenvalue weighted by molar-refractivity contribution is 5.76. The van der Waals surface area contributed by atoms with E-state index in [1.807, 2.05) is 6.07 Å². The van der Waals surface area contributed by atoms with Gasteiger partial charge in [0, 0.05) is 52.2 Å². The number of benzene rings is 1. The summed E-state index contributed by atoms with van der Waals surface area (Å²) in [5, 5.41) is 3.02. The third kappa shape index (κ3) is 8.32. The van der Waals surface area contributed by atoms with Crippen LogP contribution in [0.15, 0.2) is 36.4 Å². The molecule has 1 aliphatic heterocycles. The van der Waals surface area contributed by atoms with E-state index in [0.29, 0.717) is 12.3 Å². The maximum absolute atomic E-state index is 11.9. The SMILES string of the molecule is CC(C)CCNC(=O)CCN1CCN(C/C=C/c2ccccc2)CC1. The largest absolute Gasteiger partial charge is 0.356 e. The predicted octanol–water partition coefficient (Wildman–Crippen LogP) is 2.87. The van der Waals surface area contributed by atoms with E-state index in [1.165, 1.54) is 5.56 Å². The molecule has 25 heavy (non-hydrogen) atoms. The molecule has 0 aliphatic carbocycles. The van der Waals surface area contributed by atoms with Crippen LogP contribution in [0.25, 0.3) is 6.08 Å². The van der Waals surface area contributed by atoms with Gasteiger partial charge in [-0.25, -0.2) is 0 Å². The molecule has 4 heteroatoms. The van der Waals surface area contributed by atoms with Crippen molar-refractivity contribution in [3.05, 3.63) is 42.0 Å². The Morgan fingerprint density at radius 1 is 1.12 bits per heavy atom. The van der Waals surface area contributed by atoms with Crippen LogP contribution < -0.4 is 5.32 Å². The summed E-state index contributed by atoms with van der Waals surface area (Å²) >= 11 is 0. The first-order chi connectivity index (χ1) is 12.1. The van der Waals surface area contributed by atoms with Gasteiger partial charge in [0.05, 0.1) is 0 Å². The Morgan fingerprint density at radius 2 is 1.80 bits per heavy atom. The van der Waals surface area contributed by atoms with Crippen molar-refractivity contribution in [2.75, 3.05) is 45.8 Å². The van der Waals surface area contributed by atoms with E-state index in [4.69, 9.17) is 0 Å². The summed E-state index contributed by atoms with van der Waals surface area (Å²) in [7, 11) is 0. The molecule has 0 spiro atoms. The molecule has 1 aromatic carbocycles. The molecular formula is C21H33N3O. The summed E-state index contributed by atoms with van der Waals surface area (Å²) in [6.45, 7) is 11.3. The van der Waals surface area contributed by atoms with Crippen LogP contribution in [0.1, 0.15) is 32.3 Å². The smallest absolute Gasteiger partial charge is 0.221 e. The van der Waals surface area contributed by atoms with Crippen molar-refractivity contribution in [3.8, 4) is 0 Å². The molecule has 0 saturated carbocycles. The van der Waals surface area contributed by atoms with Crippen molar-refractivity contribution >= 4 is 12.0 Å². The monoisotopic (exact) mass is 343 g/mol. The fraction of sp³-hybridized carbons (Fsp3) is 0.571. The molecule has 4 nitrogen and oxygen atoms in total. The van der Waals surface area contributed by atoms with Crippen molar-refractivity contribution in [3.63, 3.8) is 0 Å². The molecule has 0 aromatic heterocycles. The maximum Gasteiger partial charge on any atom is 0.221 e. The predicted molar refractivity (Wildman–Crippen MR) is 105 cm³/mol. The number of hydrogen-bond donors (Lipinski definition) is 1. The summed E-state index contributed by atoms with van der Waals surface area (Å²) in [5.41, 5.74) is 1.25. The second-order valence-electron chi connectivity index (χ2n) is 7.24. The van der Waals surface area contributed by atoms with Crippen LogP contribution in [0.5, 0.6) is 0 Å². The van der Waals surface area contributed by atoms with Gasteiger partial charge in [-0.1, -0.05) is 56.3 Å². The first kappa shape index (κ1) is 19.7. The fourth-order valence-electron chi connectivity index (χ4n) is 2.95. The molecule has 0 atom stereocenters. The molecule has 1 aliphatic rings. The first-order valence-electron chi connectivity index (χ1n) is 9.56. The number of nitrogens with one attached hydrogen (secondary N) is 1. The van der Waals surface area contributed by atoms with Crippen molar-refractivity contribution in [1.82, 2.24) is 15.1 Å². The van der Waals surface area contributed by atoms with Crippen molar-refractivity contribution in [2.24, 2.45) is 5.92 Å². The van der Waals surface area contributed by atoms with Crippen LogP contribution >= 0.6 is 0 Å². The first-order valence-corrected chi connectivity index (χ1v) is 9.56. The minimum Gasteiger partial charge on any atom is -0.356 e. The van der Waals surface area contributed by atoms with Gasteiger partial charge in [-0.15, -0.1) is 0 Å². The Morgan fingerprint density at radius 3 is 2.48 bits per heavy atom. The summed E-state index contributed by atoms with van der Waals surface area (Å²) in [5.74, 6) is 0.832. The zero-order valence-electron chi connectivity index (χ0n) is 15.8. The van der Waals surface area contributed by atoms with Crippen LogP contribution in [0, 0.1) is 5.92 Å². The van der Waals surface area contributed by atoms with E-state index >= 15 is 0 Å². The number of rotatable bonds is 9. The Bertz CT molecular complexity index is 519. The Balaban J connectivity index is 1.57. The second-order valence-corrected chi connectivity index (χ2v) is 7.24. The van der Waals surface area contributed by atoms with Gasteiger partial charge >= 0.3 is 0 Å². The number of nitrogens with zero attached hydrogens (tertiary/aromatic N) is 2. The number of carbonyl (C=O) groups excluding carboxylic acids is 1. The van der Waals surface area contributed by atoms with Gasteiger partial charge in [0.25, 0.3) is 0 Å². The zero-order chi connectivity index (χ0) is 17.9. The average Bonchev–Trinajstić information content (AvgIpc) is 2.62. The van der Waals surface area contributed by atoms with Crippen LogP contribution in [-0.2, 0) is 4.79 Å². The summed E-state index contributed by atoms with van der Waals surface area (Å²) < 4.78 is 0. The second kappa shape index (κ2) is 11.1. The standard InChI is InChI=1S/C21H33N3O/c1-19(2)10-12-22-21(25)11-14-24-17-15-23(16-18-24)13-6-9-20-7-4-3-5-8-20/h3-9,19H,10-18H2,1-2H3,(H,22,25)/b9-6+. The lowest BCUT2D eigenvalue weighted by Gasteiger charge is -2.34. The molecule has 2 rings (SSSR count). The molecule has 0 unspecified atom stereocenters. The van der Waals surface area contributed by atoms with Crippen molar-refractivity contribution < 1.29 is 4.79 Å². The molecule has 1 fully saturated rings. The number of piperazine rings is 1. The normalized spacial score (nSPS) is 16.6. The van der Waals surface area contributed by atoms with Gasteiger partial charge in [-0.05, 0) is 17.9 Å². The zero-order valence-corrected chi connectivity index (χ0v) is 15.8. The molecule has 0 radical (unpaired) electrons. The number of hydrogen-bond acceptors (Lipinski definition) is 3. The minimum atomic E-state index is 0.189. The summed E-state index contributed by atoms with van der Waals surface area (Å²) in [6.07, 6.45) is 6.11. The molecule has 1 amide bonds. The molecule has 1 saturated heterocycles. The van der Waals surface area contributed by atoms with E-state index in [1.54, 1.807) is 0 Å². The van der Waals surface area contributed by atoms with Gasteiger partial charge in [-0.2, -0.15) is 0 Å². The van der Waals surface area contributed by atoms with Crippen molar-refractivity contribution in [1.29, 1.82) is 0 Å².